The summed E-state index contributed by atoms with van der Waals surface area (Å²) >= 11 is 0. The van der Waals surface area contributed by atoms with E-state index >= 15 is 0 Å². The molecule has 0 saturated carbocycles. The molecule has 1 atom stereocenters. The van der Waals surface area contributed by atoms with Crippen molar-refractivity contribution in [3.63, 3.8) is 0 Å². The topological polar surface area (TPSA) is 79.0 Å². The van der Waals surface area contributed by atoms with Crippen molar-refractivity contribution in [2.24, 2.45) is 0 Å². The van der Waals surface area contributed by atoms with Crippen LogP contribution in [0.1, 0.15) is 46.4 Å². The normalized spacial score (nSPS) is 16.5. The summed E-state index contributed by atoms with van der Waals surface area (Å²) in [5, 5.41) is 3.07. The molecular weight excluding hydrogens is 426 g/mol. The van der Waals surface area contributed by atoms with E-state index in [1.54, 1.807) is 19.2 Å². The molecule has 32 heavy (non-hydrogen) atoms. The second-order valence-corrected chi connectivity index (χ2v) is 10.3. The summed E-state index contributed by atoms with van der Waals surface area (Å²) in [6.07, 6.45) is 0.704. The molecule has 0 spiro atoms. The number of ether oxygens (including phenoxy) is 1. The molecule has 2 aromatic rings. The number of benzene rings is 2. The minimum atomic E-state index is -3.64. The maximum absolute atomic E-state index is 13.2. The third-order valence-corrected chi connectivity index (χ3v) is 7.98. The van der Waals surface area contributed by atoms with Gasteiger partial charge in [0.25, 0.3) is 5.91 Å². The van der Waals surface area contributed by atoms with Crippen LogP contribution in [0.25, 0.3) is 0 Å². The first-order chi connectivity index (χ1) is 15.2. The van der Waals surface area contributed by atoms with Gasteiger partial charge in [0, 0.05) is 31.7 Å². The maximum atomic E-state index is 13.2. The van der Waals surface area contributed by atoms with Gasteiger partial charge in [-0.15, -0.1) is 0 Å². The number of amides is 1. The number of sulfonamides is 1. The average molecular weight is 460 g/mol. The molecule has 2 aromatic carbocycles. The molecule has 3 rings (SSSR count). The molecule has 0 unspecified atom stereocenters. The molecule has 0 radical (unpaired) electrons. The molecule has 0 aromatic heterocycles. The summed E-state index contributed by atoms with van der Waals surface area (Å²) in [4.78, 5) is 15.4. The van der Waals surface area contributed by atoms with Crippen molar-refractivity contribution in [3.05, 3.63) is 58.7 Å². The van der Waals surface area contributed by atoms with Crippen molar-refractivity contribution in [2.75, 3.05) is 40.3 Å². The van der Waals surface area contributed by atoms with Crippen molar-refractivity contribution < 1.29 is 17.9 Å². The van der Waals surface area contributed by atoms with Gasteiger partial charge in [0.2, 0.25) is 10.0 Å². The molecule has 1 aliphatic rings. The van der Waals surface area contributed by atoms with Gasteiger partial charge in [0.15, 0.2) is 0 Å². The molecule has 1 N–H and O–H groups in total. The Labute approximate surface area is 191 Å². The molecule has 1 amide bonds. The van der Waals surface area contributed by atoms with Gasteiger partial charge in [-0.1, -0.05) is 25.1 Å². The van der Waals surface area contributed by atoms with Crippen LogP contribution in [0.5, 0.6) is 5.75 Å². The second kappa shape index (κ2) is 10.0. The Balaban J connectivity index is 1.84. The van der Waals surface area contributed by atoms with E-state index in [4.69, 9.17) is 4.74 Å². The Bertz CT molecular complexity index is 1080. The van der Waals surface area contributed by atoms with Crippen LogP contribution in [-0.2, 0) is 10.0 Å². The summed E-state index contributed by atoms with van der Waals surface area (Å²) in [5.41, 5.74) is 3.09. The van der Waals surface area contributed by atoms with Crippen LogP contribution in [0.2, 0.25) is 0 Å². The first kappa shape index (κ1) is 24.2. The highest BCUT2D eigenvalue weighted by Crippen LogP contribution is 2.26. The molecular formula is C24H33N3O4S. The van der Waals surface area contributed by atoms with Crippen LogP contribution >= 0.6 is 0 Å². The largest absolute Gasteiger partial charge is 0.496 e. The minimum absolute atomic E-state index is 0.158. The summed E-state index contributed by atoms with van der Waals surface area (Å²) < 4.78 is 33.1. The second-order valence-electron chi connectivity index (χ2n) is 8.35. The molecule has 8 heteroatoms. The molecule has 0 aliphatic carbocycles. The Hall–Kier alpha value is -2.42. The van der Waals surface area contributed by atoms with Gasteiger partial charge in [-0.25, -0.2) is 8.42 Å². The van der Waals surface area contributed by atoms with Crippen molar-refractivity contribution in [1.29, 1.82) is 0 Å². The van der Waals surface area contributed by atoms with Gasteiger partial charge < -0.3 is 15.0 Å². The highest BCUT2D eigenvalue weighted by atomic mass is 32.2. The van der Waals surface area contributed by atoms with Crippen LogP contribution in [0.15, 0.2) is 41.3 Å². The third kappa shape index (κ3) is 5.14. The smallest absolute Gasteiger partial charge is 0.252 e. The zero-order chi connectivity index (χ0) is 23.5. The van der Waals surface area contributed by atoms with Crippen LogP contribution in [0.3, 0.4) is 0 Å². The third-order valence-electron chi connectivity index (χ3n) is 6.09. The van der Waals surface area contributed by atoms with E-state index in [9.17, 15) is 13.2 Å². The molecule has 0 bridgehead atoms. The molecule has 7 nitrogen and oxygen atoms in total. The number of carbonyl (C=O) groups is 1. The van der Waals surface area contributed by atoms with Gasteiger partial charge in [-0.05, 0) is 62.2 Å². The Kier molecular flexibility index (Phi) is 7.59. The lowest BCUT2D eigenvalue weighted by Gasteiger charge is -2.31. The SMILES string of the molecule is CC[C@@H](NC(=O)c1cc(S(=O)(=O)N2CCN(C)CC2)ccc1C)c1ccc(OC)c(C)c1. The lowest BCUT2D eigenvalue weighted by Crippen LogP contribution is -2.47. The van der Waals surface area contributed by atoms with E-state index in [2.05, 4.69) is 10.2 Å². The fourth-order valence-electron chi connectivity index (χ4n) is 3.96. The Morgan fingerprint density at radius 1 is 1.06 bits per heavy atom. The predicted molar refractivity (Wildman–Crippen MR) is 126 cm³/mol. The van der Waals surface area contributed by atoms with Crippen molar-refractivity contribution in [1.82, 2.24) is 14.5 Å². The van der Waals surface area contributed by atoms with Crippen molar-refractivity contribution in [3.8, 4) is 5.75 Å². The number of aryl methyl sites for hydroxylation is 2. The number of piperazine rings is 1. The fraction of sp³-hybridized carbons (Fsp3) is 0.458. The lowest BCUT2D eigenvalue weighted by molar-refractivity contribution is 0.0934. The van der Waals surface area contributed by atoms with Crippen molar-refractivity contribution in [2.45, 2.75) is 38.1 Å². The van der Waals surface area contributed by atoms with Gasteiger partial charge in [-0.2, -0.15) is 4.31 Å². The van der Waals surface area contributed by atoms with Crippen LogP contribution in [0, 0.1) is 13.8 Å². The average Bonchev–Trinajstić information content (AvgIpc) is 2.77. The number of carbonyl (C=O) groups excluding carboxylic acids is 1. The van der Waals surface area contributed by atoms with Gasteiger partial charge in [0.1, 0.15) is 5.75 Å². The van der Waals surface area contributed by atoms with E-state index in [1.165, 1.54) is 10.4 Å². The van der Waals surface area contributed by atoms with E-state index in [0.29, 0.717) is 38.2 Å². The van der Waals surface area contributed by atoms with Crippen molar-refractivity contribution >= 4 is 15.9 Å². The summed E-state index contributed by atoms with van der Waals surface area (Å²) in [5.74, 6) is 0.519. The highest BCUT2D eigenvalue weighted by molar-refractivity contribution is 7.89. The van der Waals surface area contributed by atoms with E-state index < -0.39 is 10.0 Å². The van der Waals surface area contributed by atoms with Gasteiger partial charge >= 0.3 is 0 Å². The molecule has 174 valence electrons. The molecule has 1 saturated heterocycles. The van der Waals surface area contributed by atoms with Crippen LogP contribution in [0.4, 0.5) is 0 Å². The van der Waals surface area contributed by atoms with E-state index in [1.807, 2.05) is 46.0 Å². The molecule has 1 aliphatic heterocycles. The Morgan fingerprint density at radius 2 is 1.75 bits per heavy atom. The van der Waals surface area contributed by atoms with Crippen LogP contribution < -0.4 is 10.1 Å². The van der Waals surface area contributed by atoms with Gasteiger partial charge in [0.05, 0.1) is 18.0 Å². The summed E-state index contributed by atoms with van der Waals surface area (Å²) in [6, 6.07) is 10.5. The minimum Gasteiger partial charge on any atom is -0.496 e. The first-order valence-electron chi connectivity index (χ1n) is 10.9. The van der Waals surface area contributed by atoms with E-state index in [0.717, 1.165) is 22.4 Å². The number of hydrogen-bond donors (Lipinski definition) is 1. The predicted octanol–water partition coefficient (Wildman–Crippen LogP) is 3.13. The number of nitrogens with one attached hydrogen (secondary N) is 1. The lowest BCUT2D eigenvalue weighted by atomic mass is 10.0. The summed E-state index contributed by atoms with van der Waals surface area (Å²) in [6.45, 7) is 8.07. The number of rotatable bonds is 7. The quantitative estimate of drug-likeness (QED) is 0.688. The number of nitrogens with zero attached hydrogens (tertiary/aromatic N) is 2. The highest BCUT2D eigenvalue weighted by Gasteiger charge is 2.28. The number of likely N-dealkylation sites (N-methyl/N-ethyl adjacent to an activating group) is 1. The maximum Gasteiger partial charge on any atom is 0.252 e. The van der Waals surface area contributed by atoms with Crippen LogP contribution in [-0.4, -0.2) is 63.9 Å². The molecule has 1 heterocycles. The summed E-state index contributed by atoms with van der Waals surface area (Å²) in [7, 11) is -0.0341. The zero-order valence-corrected chi connectivity index (χ0v) is 20.3. The van der Waals surface area contributed by atoms with E-state index in [-0.39, 0.29) is 16.8 Å². The standard InChI is InChI=1S/C24H33N3O4S/c1-6-22(19-8-10-23(31-5)18(3)15-19)25-24(28)21-16-20(9-7-17(21)2)32(29,30)27-13-11-26(4)12-14-27/h7-10,15-16,22H,6,11-14H2,1-5H3,(H,25,28)/t22-/m1/s1. The molecule has 1 fully saturated rings. The van der Waals surface area contributed by atoms with Gasteiger partial charge in [-0.3, -0.25) is 4.79 Å². The first-order valence-corrected chi connectivity index (χ1v) is 12.4. The monoisotopic (exact) mass is 459 g/mol. The number of methoxy groups -OCH3 is 1. The Morgan fingerprint density at radius 3 is 2.34 bits per heavy atom. The zero-order valence-electron chi connectivity index (χ0n) is 19.5. The fourth-order valence-corrected chi connectivity index (χ4v) is 5.41. The number of hydrogen-bond acceptors (Lipinski definition) is 5.